The Morgan fingerprint density at radius 2 is 2.32 bits per heavy atom. The van der Waals surface area contributed by atoms with Crippen molar-refractivity contribution in [2.45, 2.75) is 38.8 Å². The first kappa shape index (κ1) is 14.9. The van der Waals surface area contributed by atoms with Crippen molar-refractivity contribution in [3.63, 3.8) is 0 Å². The highest BCUT2D eigenvalue weighted by molar-refractivity contribution is 7.11. The topological polar surface area (TPSA) is 37.4 Å². The van der Waals surface area contributed by atoms with Crippen LogP contribution in [0.2, 0.25) is 0 Å². The van der Waals surface area contributed by atoms with Crippen LogP contribution in [0.15, 0.2) is 6.20 Å². The fraction of sp³-hybridized carbons (Fsp3) is 0.786. The van der Waals surface area contributed by atoms with Gasteiger partial charge in [0.05, 0.1) is 17.7 Å². The molecule has 0 saturated carbocycles. The number of rotatable bonds is 4. The summed E-state index contributed by atoms with van der Waals surface area (Å²) >= 11 is 1.80. The van der Waals surface area contributed by atoms with Gasteiger partial charge in [-0.05, 0) is 7.05 Å². The smallest absolute Gasteiger partial charge is 0.0981 e. The van der Waals surface area contributed by atoms with Crippen molar-refractivity contribution in [3.05, 3.63) is 16.1 Å². The minimum atomic E-state index is 0.151. The number of hydrogen-bond acceptors (Lipinski definition) is 5. The van der Waals surface area contributed by atoms with Gasteiger partial charge in [0.2, 0.25) is 0 Å². The lowest BCUT2D eigenvalue weighted by Crippen LogP contribution is -2.44. The molecule has 2 rings (SSSR count). The van der Waals surface area contributed by atoms with Gasteiger partial charge in [0.15, 0.2) is 0 Å². The van der Waals surface area contributed by atoms with Crippen LogP contribution in [0.4, 0.5) is 0 Å². The third-order valence-corrected chi connectivity index (χ3v) is 4.63. The lowest BCUT2D eigenvalue weighted by molar-refractivity contribution is -0.0181. The van der Waals surface area contributed by atoms with Crippen molar-refractivity contribution in [1.82, 2.24) is 15.2 Å². The van der Waals surface area contributed by atoms with Crippen LogP contribution in [0.1, 0.15) is 30.7 Å². The largest absolute Gasteiger partial charge is 0.374 e. The second kappa shape index (κ2) is 6.31. The van der Waals surface area contributed by atoms with Crippen LogP contribution in [-0.4, -0.2) is 49.3 Å². The second-order valence-electron chi connectivity index (χ2n) is 6.27. The Labute approximate surface area is 120 Å². The highest BCUT2D eigenvalue weighted by Gasteiger charge is 2.19. The third-order valence-electron chi connectivity index (χ3n) is 3.21. The van der Waals surface area contributed by atoms with Gasteiger partial charge in [-0.2, -0.15) is 0 Å². The molecule has 1 atom stereocenters. The van der Waals surface area contributed by atoms with Crippen molar-refractivity contribution in [3.8, 4) is 0 Å². The van der Waals surface area contributed by atoms with E-state index < -0.39 is 0 Å². The maximum absolute atomic E-state index is 5.73. The molecule has 19 heavy (non-hydrogen) atoms. The van der Waals surface area contributed by atoms with Gasteiger partial charge in [-0.25, -0.2) is 4.98 Å². The Balaban J connectivity index is 1.75. The van der Waals surface area contributed by atoms with Crippen molar-refractivity contribution in [2.75, 3.05) is 33.3 Å². The highest BCUT2D eigenvalue weighted by Crippen LogP contribution is 2.26. The predicted octanol–water partition coefficient (Wildman–Crippen LogP) is 1.86. The van der Waals surface area contributed by atoms with Crippen molar-refractivity contribution in [2.24, 2.45) is 0 Å². The van der Waals surface area contributed by atoms with E-state index in [-0.39, 0.29) is 5.41 Å². The Morgan fingerprint density at radius 1 is 1.53 bits per heavy atom. The molecule has 1 saturated heterocycles. The maximum atomic E-state index is 5.73. The van der Waals surface area contributed by atoms with E-state index in [1.165, 1.54) is 9.88 Å². The van der Waals surface area contributed by atoms with Crippen molar-refractivity contribution in [1.29, 1.82) is 0 Å². The van der Waals surface area contributed by atoms with E-state index in [1.807, 2.05) is 6.20 Å². The predicted molar refractivity (Wildman–Crippen MR) is 79.8 cm³/mol. The molecule has 0 radical (unpaired) electrons. The summed E-state index contributed by atoms with van der Waals surface area (Å²) in [5, 5.41) is 4.68. The van der Waals surface area contributed by atoms with Gasteiger partial charge in [0, 0.05) is 42.7 Å². The molecule has 108 valence electrons. The Hall–Kier alpha value is -0.490. The van der Waals surface area contributed by atoms with Crippen LogP contribution in [0.5, 0.6) is 0 Å². The molecule has 1 N–H and O–H groups in total. The van der Waals surface area contributed by atoms with Crippen LogP contribution < -0.4 is 5.32 Å². The Bertz CT molecular complexity index is 400. The number of nitrogens with zero attached hydrogens (tertiary/aromatic N) is 2. The number of aromatic nitrogens is 1. The maximum Gasteiger partial charge on any atom is 0.0981 e. The molecule has 1 aliphatic heterocycles. The molecule has 2 heterocycles. The van der Waals surface area contributed by atoms with E-state index in [2.05, 4.69) is 43.0 Å². The summed E-state index contributed by atoms with van der Waals surface area (Å²) in [5.41, 5.74) is 0.151. The highest BCUT2D eigenvalue weighted by atomic mass is 32.1. The lowest BCUT2D eigenvalue weighted by Gasteiger charge is -2.30. The normalized spacial score (nSPS) is 21.8. The molecule has 1 aromatic heterocycles. The fourth-order valence-corrected chi connectivity index (χ4v) is 3.02. The first-order chi connectivity index (χ1) is 8.95. The number of morpholine rings is 1. The SMILES string of the molecule is CN1CCO[C@@H](CNCc2cnc(C(C)(C)C)s2)C1. The van der Waals surface area contributed by atoms with Crippen LogP contribution in [0.25, 0.3) is 0 Å². The molecule has 1 fully saturated rings. The quantitative estimate of drug-likeness (QED) is 0.915. The fourth-order valence-electron chi connectivity index (χ4n) is 2.08. The minimum absolute atomic E-state index is 0.151. The van der Waals surface area contributed by atoms with E-state index in [9.17, 15) is 0 Å². The minimum Gasteiger partial charge on any atom is -0.374 e. The zero-order chi connectivity index (χ0) is 13.9. The van der Waals surface area contributed by atoms with Gasteiger partial charge in [0.1, 0.15) is 0 Å². The average Bonchev–Trinajstić information content (AvgIpc) is 2.77. The third kappa shape index (κ3) is 4.53. The molecule has 0 aromatic carbocycles. The number of nitrogens with one attached hydrogen (secondary N) is 1. The number of hydrogen-bond donors (Lipinski definition) is 1. The van der Waals surface area contributed by atoms with E-state index in [4.69, 9.17) is 4.74 Å². The number of ether oxygens (including phenoxy) is 1. The first-order valence-electron chi connectivity index (χ1n) is 6.91. The Kier molecular flexibility index (Phi) is 4.95. The zero-order valence-electron chi connectivity index (χ0n) is 12.4. The number of thiazole rings is 1. The van der Waals surface area contributed by atoms with Crippen LogP contribution >= 0.6 is 11.3 Å². The van der Waals surface area contributed by atoms with Gasteiger partial charge < -0.3 is 15.0 Å². The molecule has 1 aromatic rings. The Morgan fingerprint density at radius 3 is 2.95 bits per heavy atom. The van der Waals surface area contributed by atoms with Crippen LogP contribution in [0.3, 0.4) is 0 Å². The molecule has 1 aliphatic rings. The zero-order valence-corrected chi connectivity index (χ0v) is 13.2. The molecule has 0 spiro atoms. The van der Waals surface area contributed by atoms with Gasteiger partial charge in [-0.15, -0.1) is 11.3 Å². The van der Waals surface area contributed by atoms with E-state index in [1.54, 1.807) is 11.3 Å². The molecule has 0 amide bonds. The van der Waals surface area contributed by atoms with Crippen LogP contribution in [-0.2, 0) is 16.7 Å². The summed E-state index contributed by atoms with van der Waals surface area (Å²) in [6.07, 6.45) is 2.31. The average molecular weight is 283 g/mol. The molecule has 0 aliphatic carbocycles. The monoisotopic (exact) mass is 283 g/mol. The second-order valence-corrected chi connectivity index (χ2v) is 7.38. The molecule has 0 bridgehead atoms. The molecule has 0 unspecified atom stereocenters. The van der Waals surface area contributed by atoms with Gasteiger partial charge >= 0.3 is 0 Å². The summed E-state index contributed by atoms with van der Waals surface area (Å²) in [4.78, 5) is 8.12. The van der Waals surface area contributed by atoms with E-state index >= 15 is 0 Å². The lowest BCUT2D eigenvalue weighted by atomic mass is 9.98. The summed E-state index contributed by atoms with van der Waals surface area (Å²) in [7, 11) is 2.15. The summed E-state index contributed by atoms with van der Waals surface area (Å²) in [6, 6.07) is 0. The summed E-state index contributed by atoms with van der Waals surface area (Å²) < 4.78 is 5.73. The molecule has 5 heteroatoms. The van der Waals surface area contributed by atoms with Gasteiger partial charge in [0.25, 0.3) is 0 Å². The summed E-state index contributed by atoms with van der Waals surface area (Å²) in [5.74, 6) is 0. The number of likely N-dealkylation sites (N-methyl/N-ethyl adjacent to an activating group) is 1. The molecular formula is C14H25N3OS. The molecular weight excluding hydrogens is 258 g/mol. The van der Waals surface area contributed by atoms with Crippen molar-refractivity contribution < 1.29 is 4.74 Å². The van der Waals surface area contributed by atoms with Crippen LogP contribution in [0, 0.1) is 0 Å². The van der Waals surface area contributed by atoms with E-state index in [0.717, 1.165) is 32.8 Å². The van der Waals surface area contributed by atoms with Crippen molar-refractivity contribution >= 4 is 11.3 Å². The van der Waals surface area contributed by atoms with Gasteiger partial charge in [-0.1, -0.05) is 20.8 Å². The first-order valence-corrected chi connectivity index (χ1v) is 7.73. The molecule has 4 nitrogen and oxygen atoms in total. The van der Waals surface area contributed by atoms with Gasteiger partial charge in [-0.3, -0.25) is 0 Å². The van der Waals surface area contributed by atoms with E-state index in [0.29, 0.717) is 6.10 Å². The standard InChI is InChI=1S/C14H25N3OS/c1-14(2,3)13-16-9-12(19-13)8-15-7-11-10-17(4)5-6-18-11/h9,11,15H,5-8,10H2,1-4H3/t11-/m0/s1. The summed E-state index contributed by atoms with van der Waals surface area (Å²) in [6.45, 7) is 11.3.